The van der Waals surface area contributed by atoms with Crippen LogP contribution in [0.15, 0.2) is 69.3 Å². The molecule has 10 heteroatoms. The smallest absolute Gasteiger partial charge is 0.311 e. The first-order valence-corrected chi connectivity index (χ1v) is 10.6. The lowest BCUT2D eigenvalue weighted by molar-refractivity contribution is 0.829. The average molecular weight is 460 g/mol. The molecule has 0 radical (unpaired) electrons. The van der Waals surface area contributed by atoms with Gasteiger partial charge in [-0.2, -0.15) is 0 Å². The van der Waals surface area contributed by atoms with Crippen molar-refractivity contribution in [3.05, 3.63) is 103 Å². The number of aromatic amines is 2. The number of nitrogens with one attached hydrogen (secondary N) is 2. The van der Waals surface area contributed by atoms with Crippen molar-refractivity contribution in [2.45, 2.75) is 17.3 Å². The standard InChI is InChI=1S/C20H15Cl2N5O2S/c21-13-4-6-16(7-5-13)27-17(9-15-10-18(28)24-19(29)23-15)25-26-20(27)30-11-12-2-1-3-14(22)8-12/h1-8,10H,9,11H2,(H2,23,24,28,29). The Labute approximate surface area is 185 Å². The van der Waals surface area contributed by atoms with Crippen LogP contribution in [0, 0.1) is 0 Å². The van der Waals surface area contributed by atoms with Crippen LogP contribution in [0.1, 0.15) is 17.1 Å². The van der Waals surface area contributed by atoms with Crippen LogP contribution in [0.5, 0.6) is 0 Å². The highest BCUT2D eigenvalue weighted by atomic mass is 35.5. The third-order valence-corrected chi connectivity index (χ3v) is 5.69. The van der Waals surface area contributed by atoms with Crippen molar-refractivity contribution in [1.82, 2.24) is 24.7 Å². The molecule has 0 fully saturated rings. The minimum absolute atomic E-state index is 0.229. The summed E-state index contributed by atoms with van der Waals surface area (Å²) in [5, 5.41) is 10.6. The van der Waals surface area contributed by atoms with Crippen LogP contribution in [0.3, 0.4) is 0 Å². The topological polar surface area (TPSA) is 96.4 Å². The van der Waals surface area contributed by atoms with Crippen molar-refractivity contribution in [1.29, 1.82) is 0 Å². The van der Waals surface area contributed by atoms with Crippen LogP contribution in [-0.4, -0.2) is 24.7 Å². The Hall–Kier alpha value is -2.81. The fraction of sp³-hybridized carbons (Fsp3) is 0.100. The predicted octanol–water partition coefficient (Wildman–Crippen LogP) is 3.83. The first-order chi connectivity index (χ1) is 14.5. The molecule has 30 heavy (non-hydrogen) atoms. The van der Waals surface area contributed by atoms with E-state index in [1.54, 1.807) is 12.1 Å². The molecule has 4 rings (SSSR count). The first kappa shape index (κ1) is 20.5. The SMILES string of the molecule is O=c1cc(Cc2nnc(SCc3cccc(Cl)c3)n2-c2ccc(Cl)cc2)[nH]c(=O)[nH]1. The van der Waals surface area contributed by atoms with Gasteiger partial charge in [-0.15, -0.1) is 10.2 Å². The minimum atomic E-state index is -0.564. The summed E-state index contributed by atoms with van der Waals surface area (Å²) in [6.45, 7) is 0. The van der Waals surface area contributed by atoms with E-state index in [0.29, 0.717) is 32.5 Å². The molecule has 2 aromatic carbocycles. The molecule has 0 saturated heterocycles. The van der Waals surface area contributed by atoms with Crippen molar-refractivity contribution < 1.29 is 0 Å². The maximum absolute atomic E-state index is 11.6. The number of halogens is 2. The summed E-state index contributed by atoms with van der Waals surface area (Å²) in [7, 11) is 0. The Kier molecular flexibility index (Phi) is 6.08. The summed E-state index contributed by atoms with van der Waals surface area (Å²) in [5.41, 5.74) is 1.28. The second-order valence-corrected chi connectivity index (χ2v) is 8.23. The molecule has 0 amide bonds. The van der Waals surface area contributed by atoms with Crippen molar-refractivity contribution in [3.63, 3.8) is 0 Å². The lowest BCUT2D eigenvalue weighted by atomic mass is 10.2. The fourth-order valence-corrected chi connectivity index (χ4v) is 4.17. The van der Waals surface area contributed by atoms with E-state index >= 15 is 0 Å². The predicted molar refractivity (Wildman–Crippen MR) is 118 cm³/mol. The highest BCUT2D eigenvalue weighted by Crippen LogP contribution is 2.27. The largest absolute Gasteiger partial charge is 0.325 e. The maximum atomic E-state index is 11.6. The number of hydrogen-bond acceptors (Lipinski definition) is 5. The molecule has 0 saturated carbocycles. The molecule has 0 atom stereocenters. The monoisotopic (exact) mass is 459 g/mol. The summed E-state index contributed by atoms with van der Waals surface area (Å²) in [4.78, 5) is 28.0. The Morgan fingerprint density at radius 2 is 1.73 bits per heavy atom. The van der Waals surface area contributed by atoms with Crippen molar-refractivity contribution in [2.24, 2.45) is 0 Å². The molecule has 0 aliphatic rings. The van der Waals surface area contributed by atoms with Gasteiger partial charge in [0.2, 0.25) is 0 Å². The lowest BCUT2D eigenvalue weighted by Crippen LogP contribution is -2.23. The van der Waals surface area contributed by atoms with Crippen LogP contribution in [-0.2, 0) is 12.2 Å². The van der Waals surface area contributed by atoms with E-state index < -0.39 is 11.2 Å². The zero-order chi connectivity index (χ0) is 21.1. The Morgan fingerprint density at radius 3 is 2.47 bits per heavy atom. The zero-order valence-corrected chi connectivity index (χ0v) is 17.8. The van der Waals surface area contributed by atoms with E-state index in [-0.39, 0.29) is 6.42 Å². The quantitative estimate of drug-likeness (QED) is 0.427. The van der Waals surface area contributed by atoms with E-state index in [1.807, 2.05) is 41.0 Å². The van der Waals surface area contributed by atoms with Gasteiger partial charge in [0.05, 0.1) is 0 Å². The van der Waals surface area contributed by atoms with Gasteiger partial charge in [-0.25, -0.2) is 4.79 Å². The van der Waals surface area contributed by atoms with E-state index in [9.17, 15) is 9.59 Å². The van der Waals surface area contributed by atoms with Gasteiger partial charge in [-0.1, -0.05) is 47.1 Å². The van der Waals surface area contributed by atoms with Crippen LogP contribution in [0.25, 0.3) is 5.69 Å². The molecular formula is C20H15Cl2N5O2S. The number of thioether (sulfide) groups is 1. The summed E-state index contributed by atoms with van der Waals surface area (Å²) >= 11 is 13.6. The van der Waals surface area contributed by atoms with Crippen LogP contribution in [0.2, 0.25) is 10.0 Å². The summed E-state index contributed by atoms with van der Waals surface area (Å²) in [6, 6.07) is 16.2. The molecule has 4 aromatic rings. The Balaban J connectivity index is 1.70. The molecule has 0 bridgehead atoms. The van der Waals surface area contributed by atoms with Gasteiger partial charge in [0, 0.05) is 39.7 Å². The molecule has 2 aromatic heterocycles. The Morgan fingerprint density at radius 1 is 0.933 bits per heavy atom. The Bertz CT molecular complexity index is 1270. The number of benzene rings is 2. The van der Waals surface area contributed by atoms with Crippen LogP contribution >= 0.6 is 35.0 Å². The number of aromatic nitrogens is 5. The van der Waals surface area contributed by atoms with Crippen molar-refractivity contribution in [3.8, 4) is 5.69 Å². The average Bonchev–Trinajstić information content (AvgIpc) is 3.09. The summed E-state index contributed by atoms with van der Waals surface area (Å²) < 4.78 is 1.88. The van der Waals surface area contributed by atoms with Crippen molar-refractivity contribution in [2.75, 3.05) is 0 Å². The number of rotatable bonds is 6. The van der Waals surface area contributed by atoms with E-state index in [0.717, 1.165) is 11.3 Å². The van der Waals surface area contributed by atoms with Crippen molar-refractivity contribution >= 4 is 35.0 Å². The molecule has 0 aliphatic heterocycles. The van der Waals surface area contributed by atoms with Gasteiger partial charge >= 0.3 is 5.69 Å². The third kappa shape index (κ3) is 4.84. The van der Waals surface area contributed by atoms with Gasteiger partial charge in [-0.05, 0) is 42.0 Å². The lowest BCUT2D eigenvalue weighted by Gasteiger charge is -2.10. The van der Waals surface area contributed by atoms with Crippen LogP contribution in [0.4, 0.5) is 0 Å². The number of hydrogen-bond donors (Lipinski definition) is 2. The molecule has 2 heterocycles. The minimum Gasteiger partial charge on any atom is -0.311 e. The summed E-state index contributed by atoms with van der Waals surface area (Å²) in [6.07, 6.45) is 0.229. The molecule has 0 aliphatic carbocycles. The van der Waals surface area contributed by atoms with Gasteiger partial charge in [0.25, 0.3) is 5.56 Å². The molecular weight excluding hydrogens is 445 g/mol. The second-order valence-electron chi connectivity index (χ2n) is 6.42. The fourth-order valence-electron chi connectivity index (χ4n) is 2.92. The number of nitrogens with zero attached hydrogens (tertiary/aromatic N) is 3. The van der Waals surface area contributed by atoms with E-state index in [1.165, 1.54) is 17.8 Å². The third-order valence-electron chi connectivity index (χ3n) is 4.21. The molecule has 2 N–H and O–H groups in total. The summed E-state index contributed by atoms with van der Waals surface area (Å²) in [5.74, 6) is 1.22. The first-order valence-electron chi connectivity index (χ1n) is 8.88. The molecule has 7 nitrogen and oxygen atoms in total. The molecule has 0 spiro atoms. The van der Waals surface area contributed by atoms with Crippen LogP contribution < -0.4 is 11.2 Å². The normalized spacial score (nSPS) is 11.0. The van der Waals surface area contributed by atoms with Gasteiger partial charge < -0.3 is 4.98 Å². The zero-order valence-electron chi connectivity index (χ0n) is 15.4. The number of H-pyrrole nitrogens is 2. The van der Waals surface area contributed by atoms with Gasteiger partial charge in [-0.3, -0.25) is 14.3 Å². The second kappa shape index (κ2) is 8.91. The molecule has 152 valence electrons. The highest BCUT2D eigenvalue weighted by molar-refractivity contribution is 7.98. The maximum Gasteiger partial charge on any atom is 0.325 e. The van der Waals surface area contributed by atoms with E-state index in [2.05, 4.69) is 20.2 Å². The van der Waals surface area contributed by atoms with Gasteiger partial charge in [0.1, 0.15) is 5.82 Å². The van der Waals surface area contributed by atoms with E-state index in [4.69, 9.17) is 23.2 Å². The highest BCUT2D eigenvalue weighted by Gasteiger charge is 2.16. The molecule has 0 unspecified atom stereocenters. The van der Waals surface area contributed by atoms with Gasteiger partial charge in [0.15, 0.2) is 5.16 Å².